The normalized spacial score (nSPS) is 9.09. The number of nitriles is 2. The molecule has 0 heterocycles. The van der Waals surface area contributed by atoms with Crippen LogP contribution in [0.1, 0.15) is 12.8 Å². The molecule has 0 bridgehead atoms. The van der Waals surface area contributed by atoms with E-state index in [1.54, 1.807) is 4.90 Å². The van der Waals surface area contributed by atoms with Crippen molar-refractivity contribution < 1.29 is 5.11 Å². The van der Waals surface area contributed by atoms with Gasteiger partial charge in [-0.25, -0.2) is 0 Å². The van der Waals surface area contributed by atoms with Crippen LogP contribution in [-0.2, 0) is 0 Å². The number of rotatable bonds is 5. The van der Waals surface area contributed by atoms with Crippen molar-refractivity contribution in [1.29, 1.82) is 10.5 Å². The van der Waals surface area contributed by atoms with E-state index in [0.29, 0.717) is 25.9 Å². The lowest BCUT2D eigenvalue weighted by Crippen LogP contribution is -2.26. The molecule has 0 spiro atoms. The molecule has 0 fully saturated rings. The van der Waals surface area contributed by atoms with Crippen molar-refractivity contribution in [2.24, 2.45) is 0 Å². The molecule has 4 nitrogen and oxygen atoms in total. The summed E-state index contributed by atoms with van der Waals surface area (Å²) < 4.78 is 0. The topological polar surface area (TPSA) is 71.1 Å². The fourth-order valence-electron chi connectivity index (χ4n) is 0.669. The van der Waals surface area contributed by atoms with E-state index >= 15 is 0 Å². The maximum atomic E-state index is 8.69. The highest BCUT2D eigenvalue weighted by Gasteiger charge is 2.00. The Balaban J connectivity index is 3.44. The molecule has 0 rings (SSSR count). The van der Waals surface area contributed by atoms with Crippen LogP contribution in [0.3, 0.4) is 0 Å². The fourth-order valence-corrected chi connectivity index (χ4v) is 0.669. The van der Waals surface area contributed by atoms with E-state index in [4.69, 9.17) is 15.6 Å². The Morgan fingerprint density at radius 1 is 1.09 bits per heavy atom. The molecule has 0 aliphatic rings. The molecule has 4 heteroatoms. The summed E-state index contributed by atoms with van der Waals surface area (Å²) in [7, 11) is 0. The van der Waals surface area contributed by atoms with Crippen LogP contribution in [0.5, 0.6) is 0 Å². The first-order valence-electron chi connectivity index (χ1n) is 3.42. The minimum absolute atomic E-state index is 0.0800. The second-order valence-electron chi connectivity index (χ2n) is 2.08. The number of aliphatic hydroxyl groups excluding tert-OH is 1. The molecule has 0 aromatic carbocycles. The minimum Gasteiger partial charge on any atom is -0.381 e. The summed E-state index contributed by atoms with van der Waals surface area (Å²) in [6, 6.07) is 3.95. The Morgan fingerprint density at radius 3 is 1.82 bits per heavy atom. The van der Waals surface area contributed by atoms with Gasteiger partial charge in [0.15, 0.2) is 0 Å². The number of hydrogen-bond donors (Lipinski definition) is 1. The van der Waals surface area contributed by atoms with Crippen molar-refractivity contribution in [2.45, 2.75) is 12.8 Å². The molecule has 11 heavy (non-hydrogen) atoms. The Morgan fingerprint density at radius 2 is 1.55 bits per heavy atom. The Kier molecular flexibility index (Phi) is 6.31. The van der Waals surface area contributed by atoms with Gasteiger partial charge >= 0.3 is 0 Å². The molecule has 0 aliphatic heterocycles. The largest absolute Gasteiger partial charge is 0.381 e. The Labute approximate surface area is 66.3 Å². The van der Waals surface area contributed by atoms with Crippen molar-refractivity contribution in [3.8, 4) is 12.1 Å². The smallest absolute Gasteiger partial charge is 0.0957 e. The van der Waals surface area contributed by atoms with Gasteiger partial charge in [-0.1, -0.05) is 0 Å². The highest BCUT2D eigenvalue weighted by Crippen LogP contribution is 1.90. The van der Waals surface area contributed by atoms with Crippen LogP contribution in [0, 0.1) is 22.7 Å². The lowest BCUT2D eigenvalue weighted by Gasteiger charge is -2.15. The molecule has 0 amide bonds. The number of hydrogen-bond acceptors (Lipinski definition) is 4. The standard InChI is InChI=1S/C7H11N3O/c8-3-1-5-10(7-11)6-2-4-9/h11H,1-2,5-7H2. The quantitative estimate of drug-likeness (QED) is 0.567. The first kappa shape index (κ1) is 9.90. The molecule has 0 unspecified atom stereocenters. The van der Waals surface area contributed by atoms with Crippen molar-refractivity contribution >= 4 is 0 Å². The summed E-state index contributed by atoms with van der Waals surface area (Å²) in [5.41, 5.74) is 0. The summed E-state index contributed by atoms with van der Waals surface area (Å²) in [5.74, 6) is 0. The first-order valence-corrected chi connectivity index (χ1v) is 3.42. The monoisotopic (exact) mass is 153 g/mol. The van der Waals surface area contributed by atoms with Gasteiger partial charge in [-0.15, -0.1) is 0 Å². The predicted molar refractivity (Wildman–Crippen MR) is 39.1 cm³/mol. The summed E-state index contributed by atoms with van der Waals surface area (Å²) >= 11 is 0. The van der Waals surface area contributed by atoms with Crippen LogP contribution < -0.4 is 0 Å². The Bertz CT molecular complexity index is 150. The van der Waals surface area contributed by atoms with Gasteiger partial charge in [-0.3, -0.25) is 4.90 Å². The lowest BCUT2D eigenvalue weighted by molar-refractivity contribution is 0.111. The fraction of sp³-hybridized carbons (Fsp3) is 0.714. The summed E-state index contributed by atoms with van der Waals surface area (Å²) in [6.45, 7) is 0.993. The van der Waals surface area contributed by atoms with Crippen LogP contribution in [0.25, 0.3) is 0 Å². The van der Waals surface area contributed by atoms with E-state index < -0.39 is 0 Å². The molecule has 0 aromatic heterocycles. The first-order chi connectivity index (χ1) is 5.35. The Hall–Kier alpha value is -1.10. The summed E-state index contributed by atoms with van der Waals surface area (Å²) in [6.07, 6.45) is 0.790. The molecule has 0 aromatic rings. The maximum absolute atomic E-state index is 8.69. The molecule has 0 aliphatic carbocycles. The van der Waals surface area contributed by atoms with E-state index in [1.165, 1.54) is 0 Å². The molecule has 0 saturated heterocycles. The average molecular weight is 153 g/mol. The van der Waals surface area contributed by atoms with Crippen LogP contribution >= 0.6 is 0 Å². The van der Waals surface area contributed by atoms with E-state index in [0.717, 1.165) is 0 Å². The SMILES string of the molecule is N#CCCN(CO)CCC#N. The second-order valence-corrected chi connectivity index (χ2v) is 2.08. The summed E-state index contributed by atoms with van der Waals surface area (Å²) in [5, 5.41) is 25.1. The summed E-state index contributed by atoms with van der Waals surface area (Å²) in [4.78, 5) is 1.66. The van der Waals surface area contributed by atoms with Crippen molar-refractivity contribution in [1.82, 2.24) is 4.90 Å². The molecular formula is C7H11N3O. The average Bonchev–Trinajstić information content (AvgIpc) is 2.05. The van der Waals surface area contributed by atoms with E-state index in [1.807, 2.05) is 12.1 Å². The highest BCUT2D eigenvalue weighted by molar-refractivity contribution is 4.75. The van der Waals surface area contributed by atoms with Gasteiger partial charge in [-0.05, 0) is 0 Å². The highest BCUT2D eigenvalue weighted by atomic mass is 16.3. The van der Waals surface area contributed by atoms with Gasteiger partial charge in [0.25, 0.3) is 0 Å². The third-order valence-electron chi connectivity index (χ3n) is 1.28. The number of nitrogens with zero attached hydrogens (tertiary/aromatic N) is 3. The van der Waals surface area contributed by atoms with Gasteiger partial charge in [-0.2, -0.15) is 10.5 Å². The third kappa shape index (κ3) is 5.35. The zero-order valence-electron chi connectivity index (χ0n) is 6.32. The molecule has 0 atom stereocenters. The van der Waals surface area contributed by atoms with Crippen molar-refractivity contribution in [2.75, 3.05) is 19.8 Å². The van der Waals surface area contributed by atoms with Crippen LogP contribution in [0.15, 0.2) is 0 Å². The lowest BCUT2D eigenvalue weighted by atomic mass is 10.4. The maximum Gasteiger partial charge on any atom is 0.0957 e. The van der Waals surface area contributed by atoms with E-state index in [2.05, 4.69) is 0 Å². The second kappa shape index (κ2) is 7.01. The van der Waals surface area contributed by atoms with Crippen molar-refractivity contribution in [3.05, 3.63) is 0 Å². The molecule has 0 radical (unpaired) electrons. The zero-order valence-corrected chi connectivity index (χ0v) is 6.32. The van der Waals surface area contributed by atoms with Gasteiger partial charge < -0.3 is 5.11 Å². The molecule has 0 saturated carbocycles. The van der Waals surface area contributed by atoms with Crippen molar-refractivity contribution in [3.63, 3.8) is 0 Å². The zero-order chi connectivity index (χ0) is 8.53. The van der Waals surface area contributed by atoms with E-state index in [9.17, 15) is 0 Å². The van der Waals surface area contributed by atoms with Crippen LogP contribution in [-0.4, -0.2) is 29.8 Å². The van der Waals surface area contributed by atoms with Gasteiger partial charge in [0.2, 0.25) is 0 Å². The van der Waals surface area contributed by atoms with Crippen LogP contribution in [0.4, 0.5) is 0 Å². The molecule has 60 valence electrons. The van der Waals surface area contributed by atoms with Crippen LogP contribution in [0.2, 0.25) is 0 Å². The minimum atomic E-state index is -0.0800. The van der Waals surface area contributed by atoms with E-state index in [-0.39, 0.29) is 6.73 Å². The molecular weight excluding hydrogens is 142 g/mol. The van der Waals surface area contributed by atoms with Gasteiger partial charge in [0, 0.05) is 25.9 Å². The van der Waals surface area contributed by atoms with Gasteiger partial charge in [0.1, 0.15) is 0 Å². The van der Waals surface area contributed by atoms with Gasteiger partial charge in [0.05, 0.1) is 18.9 Å². The third-order valence-corrected chi connectivity index (χ3v) is 1.28. The predicted octanol–water partition coefficient (Wildman–Crippen LogP) is 0.0656. The molecule has 1 N–H and O–H groups in total. The number of aliphatic hydroxyl groups is 1.